The van der Waals surface area contributed by atoms with Gasteiger partial charge in [0, 0.05) is 45.0 Å². The van der Waals surface area contributed by atoms with E-state index in [1.165, 1.54) is 0 Å². The lowest BCUT2D eigenvalue weighted by atomic mass is 10.2. The number of hydrogen-bond donors (Lipinski definition) is 1. The maximum absolute atomic E-state index is 12.2. The van der Waals surface area contributed by atoms with Crippen LogP contribution in [0.1, 0.15) is 23.2 Å². The van der Waals surface area contributed by atoms with Crippen molar-refractivity contribution < 1.29 is 14.3 Å². The smallest absolute Gasteiger partial charge is 0.267 e. The molecular weight excluding hydrogens is 296 g/mol. The maximum atomic E-state index is 12.2. The van der Waals surface area contributed by atoms with E-state index in [1.807, 2.05) is 5.01 Å². The Morgan fingerprint density at radius 2 is 2.22 bits per heavy atom. The lowest BCUT2D eigenvalue weighted by Gasteiger charge is -2.32. The Kier molecular flexibility index (Phi) is 5.43. The van der Waals surface area contributed by atoms with E-state index in [1.54, 1.807) is 18.3 Å². The van der Waals surface area contributed by atoms with Gasteiger partial charge in [-0.25, -0.2) is 9.99 Å². The Hall–Kier alpha value is -1.70. The molecular formula is C16H24N4O3. The first kappa shape index (κ1) is 16.2. The molecule has 1 N–H and O–H groups in total. The molecule has 126 valence electrons. The molecule has 0 aliphatic carbocycles. The highest BCUT2D eigenvalue weighted by atomic mass is 16.5. The summed E-state index contributed by atoms with van der Waals surface area (Å²) < 4.78 is 11.1. The number of nitrogens with zero attached hydrogens (tertiary/aromatic N) is 3. The number of pyridine rings is 1. The number of likely N-dealkylation sites (N-methyl/N-ethyl adjacent to an activating group) is 1. The lowest BCUT2D eigenvalue weighted by molar-refractivity contribution is 0.0652. The number of amides is 1. The summed E-state index contributed by atoms with van der Waals surface area (Å²) in [5.74, 6) is 0.393. The normalized spacial score (nSPS) is 22.9. The fourth-order valence-electron chi connectivity index (χ4n) is 2.68. The third-order valence-electron chi connectivity index (χ3n) is 4.20. The van der Waals surface area contributed by atoms with Gasteiger partial charge >= 0.3 is 0 Å². The van der Waals surface area contributed by atoms with E-state index >= 15 is 0 Å². The summed E-state index contributed by atoms with van der Waals surface area (Å²) in [6.07, 6.45) is 3.84. The van der Waals surface area contributed by atoms with Crippen molar-refractivity contribution >= 4 is 5.91 Å². The molecule has 3 heterocycles. The molecule has 2 aliphatic heterocycles. The molecule has 1 amide bonds. The summed E-state index contributed by atoms with van der Waals surface area (Å²) in [6.45, 7) is 4.90. The van der Waals surface area contributed by atoms with E-state index in [9.17, 15) is 4.79 Å². The second-order valence-corrected chi connectivity index (χ2v) is 6.06. The van der Waals surface area contributed by atoms with Crippen molar-refractivity contribution in [2.75, 3.05) is 46.4 Å². The first-order chi connectivity index (χ1) is 11.2. The van der Waals surface area contributed by atoms with Gasteiger partial charge in [0.25, 0.3) is 5.91 Å². The first-order valence-corrected chi connectivity index (χ1v) is 8.15. The second kappa shape index (κ2) is 7.72. The highest BCUT2D eigenvalue weighted by Crippen LogP contribution is 2.14. The molecule has 0 aromatic carbocycles. The summed E-state index contributed by atoms with van der Waals surface area (Å²) in [6, 6.07) is 3.47. The number of nitrogens with one attached hydrogen (secondary N) is 1. The Morgan fingerprint density at radius 3 is 2.87 bits per heavy atom. The van der Waals surface area contributed by atoms with Crippen molar-refractivity contribution in [2.45, 2.75) is 18.9 Å². The van der Waals surface area contributed by atoms with Crippen LogP contribution in [0, 0.1) is 0 Å². The van der Waals surface area contributed by atoms with Crippen molar-refractivity contribution in [1.29, 1.82) is 0 Å². The Morgan fingerprint density at radius 1 is 1.39 bits per heavy atom. The molecule has 1 aromatic heterocycles. The van der Waals surface area contributed by atoms with Gasteiger partial charge in [0.1, 0.15) is 6.61 Å². The average molecular weight is 320 g/mol. The fraction of sp³-hybridized carbons (Fsp3) is 0.625. The van der Waals surface area contributed by atoms with Gasteiger partial charge < -0.3 is 14.4 Å². The van der Waals surface area contributed by atoms with Crippen molar-refractivity contribution in [3.05, 3.63) is 23.9 Å². The Labute approximate surface area is 136 Å². The summed E-state index contributed by atoms with van der Waals surface area (Å²) in [7, 11) is 2.08. The van der Waals surface area contributed by atoms with Crippen LogP contribution in [0.2, 0.25) is 0 Å². The predicted molar refractivity (Wildman–Crippen MR) is 85.2 cm³/mol. The van der Waals surface area contributed by atoms with Gasteiger partial charge in [-0.15, -0.1) is 0 Å². The molecule has 7 nitrogen and oxygen atoms in total. The monoisotopic (exact) mass is 320 g/mol. The van der Waals surface area contributed by atoms with Gasteiger partial charge in [0.15, 0.2) is 0 Å². The molecule has 7 heteroatoms. The van der Waals surface area contributed by atoms with Crippen LogP contribution >= 0.6 is 0 Å². The third kappa shape index (κ3) is 4.63. The highest BCUT2D eigenvalue weighted by molar-refractivity contribution is 5.93. The van der Waals surface area contributed by atoms with Crippen molar-refractivity contribution in [3.8, 4) is 5.88 Å². The number of piperazine rings is 1. The van der Waals surface area contributed by atoms with Crippen LogP contribution < -0.4 is 10.2 Å². The summed E-state index contributed by atoms with van der Waals surface area (Å²) in [4.78, 5) is 18.6. The van der Waals surface area contributed by atoms with Crippen LogP contribution in [0.3, 0.4) is 0 Å². The molecule has 0 spiro atoms. The lowest BCUT2D eigenvalue weighted by Crippen LogP contribution is -2.52. The van der Waals surface area contributed by atoms with Crippen molar-refractivity contribution in [1.82, 2.24) is 20.3 Å². The molecule has 2 aliphatic rings. The predicted octanol–water partition coefficient (Wildman–Crippen LogP) is 0.532. The minimum Gasteiger partial charge on any atom is -0.475 e. The minimum absolute atomic E-state index is 0.132. The van der Waals surface area contributed by atoms with Gasteiger partial charge in [-0.05, 0) is 26.0 Å². The Bertz CT molecular complexity index is 509. The molecule has 2 fully saturated rings. The molecule has 3 rings (SSSR count). The molecule has 2 saturated heterocycles. The summed E-state index contributed by atoms with van der Waals surface area (Å²) in [5.41, 5.74) is 3.45. The molecule has 23 heavy (non-hydrogen) atoms. The van der Waals surface area contributed by atoms with E-state index in [0.29, 0.717) is 18.1 Å². The van der Waals surface area contributed by atoms with Crippen molar-refractivity contribution in [2.24, 2.45) is 0 Å². The van der Waals surface area contributed by atoms with Gasteiger partial charge in [-0.1, -0.05) is 0 Å². The molecule has 0 bridgehead atoms. The van der Waals surface area contributed by atoms with E-state index in [2.05, 4.69) is 22.4 Å². The van der Waals surface area contributed by atoms with Crippen LogP contribution in [-0.2, 0) is 4.74 Å². The standard InChI is InChI=1S/C16H24N4O3/c1-19-6-8-20(9-7-19)18-16(21)13-4-5-15(17-11-13)23-12-14-3-2-10-22-14/h4-5,11,14H,2-3,6-10,12H2,1H3,(H,18,21). The minimum atomic E-state index is -0.132. The summed E-state index contributed by atoms with van der Waals surface area (Å²) >= 11 is 0. The number of rotatable bonds is 5. The van der Waals surface area contributed by atoms with Crippen LogP contribution in [0.15, 0.2) is 18.3 Å². The number of ether oxygens (including phenoxy) is 2. The van der Waals surface area contributed by atoms with E-state index < -0.39 is 0 Å². The molecule has 0 saturated carbocycles. The zero-order valence-corrected chi connectivity index (χ0v) is 13.5. The topological polar surface area (TPSA) is 66.9 Å². The van der Waals surface area contributed by atoms with Gasteiger partial charge in [0.2, 0.25) is 5.88 Å². The van der Waals surface area contributed by atoms with Crippen molar-refractivity contribution in [3.63, 3.8) is 0 Å². The Balaban J connectivity index is 1.47. The zero-order valence-electron chi connectivity index (χ0n) is 13.5. The number of aromatic nitrogens is 1. The van der Waals surface area contributed by atoms with E-state index in [0.717, 1.165) is 45.6 Å². The van der Waals surface area contributed by atoms with Crippen LogP contribution in [-0.4, -0.2) is 73.3 Å². The van der Waals surface area contributed by atoms with Crippen LogP contribution in [0.5, 0.6) is 5.88 Å². The molecule has 1 aromatic rings. The molecule has 0 radical (unpaired) electrons. The maximum Gasteiger partial charge on any atom is 0.267 e. The highest BCUT2D eigenvalue weighted by Gasteiger charge is 2.18. The van der Waals surface area contributed by atoms with E-state index in [-0.39, 0.29) is 12.0 Å². The molecule has 1 unspecified atom stereocenters. The second-order valence-electron chi connectivity index (χ2n) is 6.06. The largest absolute Gasteiger partial charge is 0.475 e. The fourth-order valence-corrected chi connectivity index (χ4v) is 2.68. The first-order valence-electron chi connectivity index (χ1n) is 8.15. The number of hydrazine groups is 1. The molecule has 1 atom stereocenters. The van der Waals surface area contributed by atoms with Gasteiger partial charge in [-0.3, -0.25) is 10.2 Å². The number of carbonyl (C=O) groups excluding carboxylic acids is 1. The third-order valence-corrected chi connectivity index (χ3v) is 4.20. The average Bonchev–Trinajstić information content (AvgIpc) is 3.09. The van der Waals surface area contributed by atoms with Crippen LogP contribution in [0.25, 0.3) is 0 Å². The van der Waals surface area contributed by atoms with E-state index in [4.69, 9.17) is 9.47 Å². The van der Waals surface area contributed by atoms with Gasteiger partial charge in [0.05, 0.1) is 11.7 Å². The quantitative estimate of drug-likeness (QED) is 0.854. The summed E-state index contributed by atoms with van der Waals surface area (Å²) in [5, 5.41) is 1.95. The van der Waals surface area contributed by atoms with Crippen LogP contribution in [0.4, 0.5) is 0 Å². The zero-order chi connectivity index (χ0) is 16.1. The number of hydrogen-bond acceptors (Lipinski definition) is 6. The number of carbonyl (C=O) groups is 1. The SMILES string of the molecule is CN1CCN(NC(=O)c2ccc(OCC3CCCO3)nc2)CC1. The van der Waals surface area contributed by atoms with Gasteiger partial charge in [-0.2, -0.15) is 0 Å².